The maximum atomic E-state index is 14.1. The summed E-state index contributed by atoms with van der Waals surface area (Å²) in [5.74, 6) is 0. The Morgan fingerprint density at radius 1 is 0.500 bits per heavy atom. The number of nitrogens with one attached hydrogen (secondary N) is 1. The van der Waals surface area contributed by atoms with E-state index in [-0.39, 0.29) is 29.3 Å². The van der Waals surface area contributed by atoms with E-state index in [0.717, 1.165) is 0 Å². The van der Waals surface area contributed by atoms with Crippen LogP contribution in [0.2, 0.25) is 0 Å². The van der Waals surface area contributed by atoms with Crippen molar-refractivity contribution in [2.45, 2.75) is 21.6 Å². The highest BCUT2D eigenvalue weighted by Gasteiger charge is 2.53. The van der Waals surface area contributed by atoms with Crippen LogP contribution in [-0.2, 0) is 30.1 Å². The lowest BCUT2D eigenvalue weighted by Crippen LogP contribution is -2.54. The normalized spacial score (nSPS) is 12.8. The molecule has 0 heterocycles. The summed E-state index contributed by atoms with van der Waals surface area (Å²) in [6, 6.07) is 27.7. The Bertz CT molecular complexity index is 1900. The number of rotatable bonds is 7. The second-order valence-electron chi connectivity index (χ2n) is 8.52. The zero-order valence-electron chi connectivity index (χ0n) is 20.0. The molecule has 0 saturated carbocycles. The topological polar surface area (TPSA) is 120 Å². The lowest BCUT2D eigenvalue weighted by molar-refractivity contribution is 0.516. The molecule has 5 aromatic carbocycles. The fourth-order valence-corrected chi connectivity index (χ4v) is 9.97. The highest BCUT2D eigenvalue weighted by molar-refractivity contribution is 8.06. The Hall–Kier alpha value is -3.61. The summed E-state index contributed by atoms with van der Waals surface area (Å²) < 4.78 is 83.3. The minimum absolute atomic E-state index is 0.134. The molecule has 0 unspecified atom stereocenters. The van der Waals surface area contributed by atoms with Crippen LogP contribution in [0.1, 0.15) is 5.56 Å². The molecule has 5 rings (SSSR count). The van der Waals surface area contributed by atoms with Crippen molar-refractivity contribution < 1.29 is 25.3 Å². The van der Waals surface area contributed by atoms with Crippen molar-refractivity contribution in [2.24, 2.45) is 0 Å². The molecule has 8 nitrogen and oxygen atoms in total. The summed E-state index contributed by atoms with van der Waals surface area (Å²) in [7, 11) is -14.7. The van der Waals surface area contributed by atoms with Crippen molar-refractivity contribution in [3.8, 4) is 0 Å². The first-order valence-electron chi connectivity index (χ1n) is 11.4. The summed E-state index contributed by atoms with van der Waals surface area (Å²) in [5.41, 5.74) is 0.310. The summed E-state index contributed by atoms with van der Waals surface area (Å²) in [6.07, 6.45) is 0. The molecule has 1 radical (unpaired) electrons. The van der Waals surface area contributed by atoms with Gasteiger partial charge in [0.25, 0.3) is 10.0 Å². The van der Waals surface area contributed by atoms with Crippen LogP contribution >= 0.6 is 0 Å². The summed E-state index contributed by atoms with van der Waals surface area (Å²) in [4.78, 5) is 0.892. The lowest BCUT2D eigenvalue weighted by atomic mass is 10.1. The van der Waals surface area contributed by atoms with Crippen LogP contribution in [0.4, 0.5) is 0 Å². The molecule has 0 saturated heterocycles. The second-order valence-corrected chi connectivity index (χ2v) is 13.9. The van der Waals surface area contributed by atoms with Gasteiger partial charge in [0, 0.05) is 15.6 Å². The minimum atomic E-state index is -5.00. The predicted octanol–water partition coefficient (Wildman–Crippen LogP) is 4.41. The molecular weight excluding hydrogens is 545 g/mol. The summed E-state index contributed by atoms with van der Waals surface area (Å²) in [6.45, 7) is 1.53. The van der Waals surface area contributed by atoms with Gasteiger partial charge in [-0.25, -0.2) is 8.42 Å². The smallest absolute Gasteiger partial charge is 0.202 e. The quantitative estimate of drug-likeness (QED) is 0.230. The monoisotopic (exact) mass is 566 g/mol. The highest BCUT2D eigenvalue weighted by Crippen LogP contribution is 2.31. The number of fused-ring (bicyclic) bond motifs is 2. The van der Waals surface area contributed by atoms with E-state index < -0.39 is 30.1 Å². The molecule has 0 fully saturated rings. The molecule has 38 heavy (non-hydrogen) atoms. The first-order valence-corrected chi connectivity index (χ1v) is 15.7. The predicted molar refractivity (Wildman–Crippen MR) is 146 cm³/mol. The van der Waals surface area contributed by atoms with Crippen molar-refractivity contribution in [2.75, 3.05) is 0 Å². The van der Waals surface area contributed by atoms with Gasteiger partial charge in [0.2, 0.25) is 0 Å². The number of nitrogens with zero attached hydrogens (tertiary/aromatic N) is 1. The van der Waals surface area contributed by atoms with Crippen LogP contribution in [0.15, 0.2) is 124 Å². The van der Waals surface area contributed by atoms with Crippen molar-refractivity contribution in [3.63, 3.8) is 0 Å². The van der Waals surface area contributed by atoms with E-state index in [9.17, 15) is 25.3 Å². The first-order chi connectivity index (χ1) is 18.0. The number of aryl methyl sites for hydroxylation is 1. The molecule has 0 bridgehead atoms. The zero-order valence-corrected chi connectivity index (χ0v) is 22.5. The van der Waals surface area contributed by atoms with Crippen LogP contribution in [0.5, 0.6) is 0 Å². The fraction of sp³-hybridized carbons (Fsp3) is 0.0370. The molecule has 0 aliphatic heterocycles. The zero-order chi connectivity index (χ0) is 27.1. The molecular formula is C27H22N2O6S3+. The van der Waals surface area contributed by atoms with Gasteiger partial charge in [0.1, 0.15) is 9.79 Å². The van der Waals surface area contributed by atoms with Gasteiger partial charge < -0.3 is 0 Å². The molecule has 0 spiro atoms. The molecule has 11 heteroatoms. The van der Waals surface area contributed by atoms with Gasteiger partial charge in [-0.3, -0.25) is 0 Å². The molecule has 0 amide bonds. The molecule has 0 atom stereocenters. The third-order valence-electron chi connectivity index (χ3n) is 6.07. The Labute approximate surface area is 221 Å². The number of hydrogen-bond donors (Lipinski definition) is 1. The van der Waals surface area contributed by atoms with Gasteiger partial charge in [-0.05, 0) is 41.5 Å². The minimum Gasteiger partial charge on any atom is -0.202 e. The third kappa shape index (κ3) is 4.48. The first kappa shape index (κ1) is 26.0. The average molecular weight is 567 g/mol. The van der Waals surface area contributed by atoms with E-state index >= 15 is 0 Å². The van der Waals surface area contributed by atoms with E-state index in [1.807, 2.05) is 4.83 Å². The van der Waals surface area contributed by atoms with Crippen molar-refractivity contribution in [3.05, 3.63) is 115 Å². The van der Waals surface area contributed by atoms with Crippen LogP contribution in [-0.4, -0.2) is 25.3 Å². The number of hydrogen-bond acceptors (Lipinski definition) is 6. The van der Waals surface area contributed by atoms with E-state index in [0.29, 0.717) is 16.3 Å². The van der Waals surface area contributed by atoms with Crippen molar-refractivity contribution in [1.82, 2.24) is 8.65 Å². The van der Waals surface area contributed by atoms with Gasteiger partial charge in [-0.15, -0.1) is 0 Å². The molecule has 1 N–H and O–H groups in total. The maximum absolute atomic E-state index is 14.1. The van der Waals surface area contributed by atoms with Gasteiger partial charge in [-0.1, -0.05) is 91.0 Å². The van der Waals surface area contributed by atoms with Gasteiger partial charge in [0.15, 0.2) is 3.82 Å². The van der Waals surface area contributed by atoms with Gasteiger partial charge >= 0.3 is 20.0 Å². The van der Waals surface area contributed by atoms with Crippen molar-refractivity contribution in [1.29, 1.82) is 0 Å². The molecule has 5 aromatic rings. The summed E-state index contributed by atoms with van der Waals surface area (Å²) in [5, 5.41) is 1.56. The van der Waals surface area contributed by atoms with E-state index in [4.69, 9.17) is 0 Å². The fourth-order valence-electron chi connectivity index (χ4n) is 4.25. The third-order valence-corrected chi connectivity index (χ3v) is 11.8. The van der Waals surface area contributed by atoms with Crippen LogP contribution in [0.25, 0.3) is 21.5 Å². The average Bonchev–Trinajstić information content (AvgIpc) is 2.91. The van der Waals surface area contributed by atoms with Gasteiger partial charge in [0.05, 0.1) is 4.90 Å². The largest absolute Gasteiger partial charge is 0.410 e. The van der Waals surface area contributed by atoms with E-state index in [1.54, 1.807) is 54.6 Å². The highest BCUT2D eigenvalue weighted by atomic mass is 32.3. The maximum Gasteiger partial charge on any atom is 0.410 e. The Morgan fingerprint density at radius 3 is 1.39 bits per heavy atom. The van der Waals surface area contributed by atoms with Crippen LogP contribution in [0, 0.1) is 6.92 Å². The van der Waals surface area contributed by atoms with Crippen LogP contribution < -0.4 is 8.65 Å². The Kier molecular flexibility index (Phi) is 6.58. The Morgan fingerprint density at radius 2 is 0.895 bits per heavy atom. The second kappa shape index (κ2) is 9.61. The molecule has 0 aliphatic carbocycles. The van der Waals surface area contributed by atoms with E-state index in [2.05, 4.69) is 0 Å². The molecule has 0 aromatic heterocycles. The van der Waals surface area contributed by atoms with Crippen molar-refractivity contribution >= 4 is 51.6 Å². The number of benzene rings is 5. The van der Waals surface area contributed by atoms with Gasteiger partial charge in [-0.2, -0.15) is 16.8 Å². The van der Waals surface area contributed by atoms with Crippen LogP contribution in [0.3, 0.4) is 0 Å². The summed E-state index contributed by atoms with van der Waals surface area (Å²) >= 11 is 0. The standard InChI is InChI=1S/C27H22N2O6S3/c1-20-10-2-7-17-25(20)36(30,31)28-29(37(32,33)26-18-8-13-21-11-3-5-15-23(21)26)38(34,35)27-19-9-14-22-12-4-6-16-24(22)27/h2-19,28H,1H3/q+1. The SMILES string of the molecule is Cc1ccccc1S(=O)(=O)N[N+](S(=O)(=O)c1cccc2ccccc12)S(=O)(=O)c1cccc2ccccc12. The lowest BCUT2D eigenvalue weighted by Gasteiger charge is -2.15. The molecule has 193 valence electrons. The van der Waals surface area contributed by atoms with E-state index in [1.165, 1.54) is 61.5 Å². The Balaban J connectivity index is 1.78. The molecule has 0 aliphatic rings. The number of sulfonamides is 3. The number of hydrazine groups is 1.